The smallest absolute Gasteiger partial charge is 0.254 e. The van der Waals surface area contributed by atoms with E-state index < -0.39 is 5.92 Å². The summed E-state index contributed by atoms with van der Waals surface area (Å²) >= 11 is 0. The summed E-state index contributed by atoms with van der Waals surface area (Å²) in [6.07, 6.45) is 6.82. The van der Waals surface area contributed by atoms with E-state index in [2.05, 4.69) is 10.2 Å². The highest BCUT2D eigenvalue weighted by molar-refractivity contribution is 6.01. The van der Waals surface area contributed by atoms with E-state index >= 15 is 0 Å². The Morgan fingerprint density at radius 1 is 0.972 bits per heavy atom. The number of nitrogens with zero attached hydrogens (tertiary/aromatic N) is 2. The van der Waals surface area contributed by atoms with E-state index in [1.165, 1.54) is 25.7 Å². The van der Waals surface area contributed by atoms with Gasteiger partial charge in [0.25, 0.3) is 5.91 Å². The van der Waals surface area contributed by atoms with E-state index in [0.717, 1.165) is 42.7 Å². The molecule has 1 N–H and O–H groups in total. The van der Waals surface area contributed by atoms with Crippen molar-refractivity contribution in [2.75, 3.05) is 46.9 Å². The van der Waals surface area contributed by atoms with E-state index in [9.17, 15) is 9.59 Å². The van der Waals surface area contributed by atoms with Gasteiger partial charge >= 0.3 is 0 Å². The third-order valence-corrected chi connectivity index (χ3v) is 7.96. The standard InChI is InChI=1S/C29H37N3O4/c1-35-24-18-20-12-17-32-27(23(20)19-25(24)36-2)26(21-10-5-6-11-22(21)29(32)34)28(33)30-13-9-16-31-14-7-3-4-8-15-31/h5-6,10-11,18-19,26-27H,3-4,7-9,12-17H2,1-2H3,(H,30,33)/t26-,27-/m0/s1. The Kier molecular flexibility index (Phi) is 7.46. The van der Waals surface area contributed by atoms with Crippen molar-refractivity contribution in [2.45, 2.75) is 50.5 Å². The molecule has 3 aliphatic rings. The van der Waals surface area contributed by atoms with Gasteiger partial charge in [-0.2, -0.15) is 0 Å². The lowest BCUT2D eigenvalue weighted by molar-refractivity contribution is -0.124. The van der Waals surface area contributed by atoms with Crippen molar-refractivity contribution in [1.29, 1.82) is 0 Å². The van der Waals surface area contributed by atoms with E-state index in [1.807, 2.05) is 41.3 Å². The monoisotopic (exact) mass is 491 g/mol. The second-order valence-electron chi connectivity index (χ2n) is 10.1. The first-order valence-electron chi connectivity index (χ1n) is 13.3. The summed E-state index contributed by atoms with van der Waals surface area (Å²) in [5, 5.41) is 3.22. The van der Waals surface area contributed by atoms with Gasteiger partial charge in [0.1, 0.15) is 0 Å². The summed E-state index contributed by atoms with van der Waals surface area (Å²) in [4.78, 5) is 31.7. The van der Waals surface area contributed by atoms with Crippen LogP contribution in [0.4, 0.5) is 0 Å². The van der Waals surface area contributed by atoms with Crippen LogP contribution in [0.15, 0.2) is 36.4 Å². The Morgan fingerprint density at radius 3 is 2.44 bits per heavy atom. The molecule has 2 aromatic carbocycles. The molecular weight excluding hydrogens is 454 g/mol. The first kappa shape index (κ1) is 24.6. The van der Waals surface area contributed by atoms with E-state index in [4.69, 9.17) is 9.47 Å². The van der Waals surface area contributed by atoms with Crippen LogP contribution in [0.5, 0.6) is 11.5 Å². The molecule has 0 aliphatic carbocycles. The third kappa shape index (κ3) is 4.69. The van der Waals surface area contributed by atoms with Crippen LogP contribution >= 0.6 is 0 Å². The number of ether oxygens (including phenoxy) is 2. The van der Waals surface area contributed by atoms with E-state index in [0.29, 0.717) is 36.6 Å². The Bertz CT molecular complexity index is 1110. The average Bonchev–Trinajstić information content (AvgIpc) is 3.19. The van der Waals surface area contributed by atoms with Crippen molar-refractivity contribution in [1.82, 2.24) is 15.1 Å². The largest absolute Gasteiger partial charge is 0.493 e. The number of amides is 2. The number of carbonyl (C=O) groups is 2. The van der Waals surface area contributed by atoms with Crippen molar-refractivity contribution in [3.63, 3.8) is 0 Å². The van der Waals surface area contributed by atoms with Gasteiger partial charge < -0.3 is 24.6 Å². The van der Waals surface area contributed by atoms with Gasteiger partial charge in [-0.05, 0) is 80.2 Å². The molecule has 0 spiro atoms. The van der Waals surface area contributed by atoms with Gasteiger partial charge in [0.15, 0.2) is 11.5 Å². The van der Waals surface area contributed by atoms with Gasteiger partial charge in [0.05, 0.1) is 26.2 Å². The predicted molar refractivity (Wildman–Crippen MR) is 139 cm³/mol. The first-order valence-corrected chi connectivity index (χ1v) is 13.3. The van der Waals surface area contributed by atoms with Crippen LogP contribution in [0.3, 0.4) is 0 Å². The molecule has 7 heteroatoms. The second-order valence-corrected chi connectivity index (χ2v) is 10.1. The van der Waals surface area contributed by atoms with Gasteiger partial charge in [0, 0.05) is 18.7 Å². The quantitative estimate of drug-likeness (QED) is 0.595. The molecule has 0 aromatic heterocycles. The zero-order valence-corrected chi connectivity index (χ0v) is 21.4. The van der Waals surface area contributed by atoms with Gasteiger partial charge in [-0.1, -0.05) is 31.0 Å². The summed E-state index contributed by atoms with van der Waals surface area (Å²) in [6.45, 7) is 4.53. The summed E-state index contributed by atoms with van der Waals surface area (Å²) in [7, 11) is 3.24. The summed E-state index contributed by atoms with van der Waals surface area (Å²) in [5.74, 6) is 0.765. The Hall–Kier alpha value is -3.06. The minimum absolute atomic E-state index is 0.0127. The van der Waals surface area contributed by atoms with Crippen LogP contribution in [0.25, 0.3) is 0 Å². The topological polar surface area (TPSA) is 71.1 Å². The van der Waals surface area contributed by atoms with Crippen LogP contribution in [0.2, 0.25) is 0 Å². The maximum atomic E-state index is 13.8. The molecule has 1 fully saturated rings. The maximum Gasteiger partial charge on any atom is 0.254 e. The number of hydrogen-bond acceptors (Lipinski definition) is 5. The molecule has 3 aliphatic heterocycles. The van der Waals surface area contributed by atoms with Crippen molar-refractivity contribution in [3.05, 3.63) is 58.7 Å². The number of benzene rings is 2. The van der Waals surface area contributed by atoms with Gasteiger partial charge in [-0.15, -0.1) is 0 Å². The minimum atomic E-state index is -0.478. The Balaban J connectivity index is 1.41. The normalized spacial score (nSPS) is 21.6. The van der Waals surface area contributed by atoms with E-state index in [-0.39, 0.29) is 17.9 Å². The number of hydrogen-bond donors (Lipinski definition) is 1. The summed E-state index contributed by atoms with van der Waals surface area (Å²) in [5.41, 5.74) is 3.49. The molecule has 2 atom stereocenters. The van der Waals surface area contributed by atoms with Gasteiger partial charge in [-0.25, -0.2) is 0 Å². The van der Waals surface area contributed by atoms with Crippen LogP contribution < -0.4 is 14.8 Å². The molecule has 0 radical (unpaired) electrons. The molecule has 5 rings (SSSR count). The lowest BCUT2D eigenvalue weighted by atomic mass is 9.75. The van der Waals surface area contributed by atoms with Gasteiger partial charge in [-0.3, -0.25) is 9.59 Å². The second kappa shape index (κ2) is 10.9. The average molecular weight is 492 g/mol. The number of methoxy groups -OCH3 is 2. The van der Waals surface area contributed by atoms with E-state index in [1.54, 1.807) is 14.2 Å². The molecular formula is C29H37N3O4. The number of rotatable bonds is 7. The number of fused-ring (bicyclic) bond motifs is 4. The first-order chi connectivity index (χ1) is 17.6. The highest BCUT2D eigenvalue weighted by atomic mass is 16.5. The molecule has 0 saturated carbocycles. The Labute approximate surface area is 213 Å². The fourth-order valence-corrected chi connectivity index (χ4v) is 6.12. The molecule has 36 heavy (non-hydrogen) atoms. The predicted octanol–water partition coefficient (Wildman–Crippen LogP) is 3.92. The fourth-order valence-electron chi connectivity index (χ4n) is 6.12. The van der Waals surface area contributed by atoms with Crippen LogP contribution in [0.1, 0.15) is 71.1 Å². The zero-order valence-electron chi connectivity index (χ0n) is 21.4. The van der Waals surface area contributed by atoms with Crippen LogP contribution in [-0.2, 0) is 11.2 Å². The van der Waals surface area contributed by atoms with Crippen LogP contribution in [-0.4, -0.2) is 68.6 Å². The van der Waals surface area contributed by atoms with Crippen molar-refractivity contribution >= 4 is 11.8 Å². The lowest BCUT2D eigenvalue weighted by Crippen LogP contribution is -2.50. The summed E-state index contributed by atoms with van der Waals surface area (Å²) in [6, 6.07) is 11.1. The van der Waals surface area contributed by atoms with Gasteiger partial charge in [0.2, 0.25) is 5.91 Å². The molecule has 0 unspecified atom stereocenters. The lowest BCUT2D eigenvalue weighted by Gasteiger charge is -2.45. The fraction of sp³-hybridized carbons (Fsp3) is 0.517. The molecule has 192 valence electrons. The van der Waals surface area contributed by atoms with Crippen molar-refractivity contribution < 1.29 is 19.1 Å². The molecule has 0 bridgehead atoms. The molecule has 2 amide bonds. The number of nitrogens with one attached hydrogen (secondary N) is 1. The molecule has 1 saturated heterocycles. The summed E-state index contributed by atoms with van der Waals surface area (Å²) < 4.78 is 11.1. The third-order valence-electron chi connectivity index (χ3n) is 7.96. The Morgan fingerprint density at radius 2 is 1.69 bits per heavy atom. The maximum absolute atomic E-state index is 13.8. The number of likely N-dealkylation sites (tertiary alicyclic amines) is 1. The SMILES string of the molecule is COc1cc2c(cc1OC)[C@H]1[C@@H](C(=O)NCCCN3CCCCCC3)c3ccccc3C(=O)N1CC2. The molecule has 3 heterocycles. The van der Waals surface area contributed by atoms with Crippen molar-refractivity contribution in [2.24, 2.45) is 0 Å². The molecule has 7 nitrogen and oxygen atoms in total. The zero-order chi connectivity index (χ0) is 25.1. The highest BCUT2D eigenvalue weighted by Crippen LogP contribution is 2.48. The van der Waals surface area contributed by atoms with Crippen LogP contribution in [0, 0.1) is 0 Å². The highest BCUT2D eigenvalue weighted by Gasteiger charge is 2.46. The molecule has 2 aromatic rings. The number of carbonyl (C=O) groups excluding carboxylic acids is 2. The minimum Gasteiger partial charge on any atom is -0.493 e. The van der Waals surface area contributed by atoms with Crippen molar-refractivity contribution in [3.8, 4) is 11.5 Å².